The maximum Gasteiger partial charge on any atom is 0.408 e. The van der Waals surface area contributed by atoms with Gasteiger partial charge in [0.2, 0.25) is 0 Å². The van der Waals surface area contributed by atoms with Gasteiger partial charge in [-0.1, -0.05) is 25.4 Å². The highest BCUT2D eigenvalue weighted by molar-refractivity contribution is 6.36. The highest BCUT2D eigenvalue weighted by Gasteiger charge is 2.42. The second-order valence-electron chi connectivity index (χ2n) is 6.90. The number of hydrogen-bond acceptors (Lipinski definition) is 6. The van der Waals surface area contributed by atoms with E-state index in [0.717, 1.165) is 12.3 Å². The van der Waals surface area contributed by atoms with Crippen LogP contribution in [0.4, 0.5) is 27.8 Å². The first-order chi connectivity index (χ1) is 14.9. The van der Waals surface area contributed by atoms with E-state index in [2.05, 4.69) is 20.1 Å². The molecule has 2 heterocycles. The summed E-state index contributed by atoms with van der Waals surface area (Å²) >= 11 is 6.29. The lowest BCUT2D eigenvalue weighted by Crippen LogP contribution is -2.40. The zero-order valence-corrected chi connectivity index (χ0v) is 18.4. The van der Waals surface area contributed by atoms with Gasteiger partial charge in [0.1, 0.15) is 22.6 Å². The summed E-state index contributed by atoms with van der Waals surface area (Å²) in [7, 11) is 0. The molecule has 1 N–H and O–H groups in total. The van der Waals surface area contributed by atoms with Gasteiger partial charge in [0.15, 0.2) is 5.69 Å². The van der Waals surface area contributed by atoms with Gasteiger partial charge in [0.05, 0.1) is 17.9 Å². The van der Waals surface area contributed by atoms with Gasteiger partial charge in [0.25, 0.3) is 0 Å². The van der Waals surface area contributed by atoms with E-state index in [0.29, 0.717) is 0 Å². The van der Waals surface area contributed by atoms with E-state index in [1.165, 1.54) is 18.5 Å². The lowest BCUT2D eigenvalue weighted by molar-refractivity contribution is -0.150. The number of carbonyl (C=O) groups is 1. The highest BCUT2D eigenvalue weighted by atomic mass is 35.5. The summed E-state index contributed by atoms with van der Waals surface area (Å²) in [6.45, 7) is 2.91. The molecule has 2 aromatic heterocycles. The number of nitrogens with one attached hydrogen (secondary N) is 1. The Morgan fingerprint density at radius 2 is 1.94 bits per heavy atom. The molecule has 2 rings (SSSR count). The number of esters is 1. The maximum atomic E-state index is 13.3. The minimum absolute atomic E-state index is 0.0307. The van der Waals surface area contributed by atoms with Gasteiger partial charge < -0.3 is 14.8 Å². The van der Waals surface area contributed by atoms with Gasteiger partial charge in [0, 0.05) is 18.8 Å². The number of aryl methyl sites for hydroxylation is 1. The molecule has 1 atom stereocenters. The number of nitrogens with zero attached hydrogens (tertiary/aromatic N) is 3. The SMILES string of the molecule is CCOC(=O)c1nn(CC)c(-c2cnc(NC(C(C)C)C(F)(F)F)cc2OC(F)F)c1Cl. The number of ether oxygens (including phenoxy) is 2. The fraction of sp³-hybridized carbons (Fsp3) is 0.526. The second kappa shape index (κ2) is 10.3. The van der Waals surface area contributed by atoms with Crippen molar-refractivity contribution >= 4 is 23.4 Å². The summed E-state index contributed by atoms with van der Waals surface area (Å²) < 4.78 is 76.7. The van der Waals surface area contributed by atoms with Crippen LogP contribution >= 0.6 is 11.6 Å². The van der Waals surface area contributed by atoms with Crippen LogP contribution in [0.1, 0.15) is 38.2 Å². The van der Waals surface area contributed by atoms with Crippen molar-refractivity contribution in [3.63, 3.8) is 0 Å². The topological polar surface area (TPSA) is 78.3 Å². The maximum absolute atomic E-state index is 13.3. The summed E-state index contributed by atoms with van der Waals surface area (Å²) in [6, 6.07) is -1.06. The minimum Gasteiger partial charge on any atom is -0.461 e. The van der Waals surface area contributed by atoms with Crippen LogP contribution < -0.4 is 10.1 Å². The number of anilines is 1. The molecule has 7 nitrogen and oxygen atoms in total. The van der Waals surface area contributed by atoms with Crippen LogP contribution in [-0.2, 0) is 11.3 Å². The van der Waals surface area contributed by atoms with Crippen molar-refractivity contribution in [2.75, 3.05) is 11.9 Å². The van der Waals surface area contributed by atoms with E-state index in [1.807, 2.05) is 0 Å². The molecule has 0 aliphatic heterocycles. The smallest absolute Gasteiger partial charge is 0.408 e. The van der Waals surface area contributed by atoms with Crippen molar-refractivity contribution in [2.24, 2.45) is 5.92 Å². The summed E-state index contributed by atoms with van der Waals surface area (Å²) in [5.74, 6) is -2.50. The summed E-state index contributed by atoms with van der Waals surface area (Å²) in [4.78, 5) is 16.0. The monoisotopic (exact) mass is 484 g/mol. The Hall–Kier alpha value is -2.63. The highest BCUT2D eigenvalue weighted by Crippen LogP contribution is 2.39. The summed E-state index contributed by atoms with van der Waals surface area (Å²) in [5.41, 5.74) is -0.297. The van der Waals surface area contributed by atoms with E-state index >= 15 is 0 Å². The predicted octanol–water partition coefficient (Wildman–Crippen LogP) is 5.40. The summed E-state index contributed by atoms with van der Waals surface area (Å²) in [6.07, 6.45) is -3.57. The fourth-order valence-electron chi connectivity index (χ4n) is 2.93. The third-order valence-electron chi connectivity index (χ3n) is 4.32. The molecule has 0 saturated heterocycles. The Kier molecular flexibility index (Phi) is 8.27. The predicted molar refractivity (Wildman–Crippen MR) is 107 cm³/mol. The number of halogens is 6. The number of carbonyl (C=O) groups excluding carboxylic acids is 1. The van der Waals surface area contributed by atoms with Crippen LogP contribution in [0.3, 0.4) is 0 Å². The Morgan fingerprint density at radius 1 is 1.28 bits per heavy atom. The number of aromatic nitrogens is 3. The van der Waals surface area contributed by atoms with Crippen LogP contribution in [0.15, 0.2) is 12.3 Å². The molecule has 0 aliphatic rings. The van der Waals surface area contributed by atoms with E-state index in [9.17, 15) is 26.7 Å². The Labute approximate surface area is 185 Å². The first-order valence-electron chi connectivity index (χ1n) is 9.62. The van der Waals surface area contributed by atoms with Gasteiger partial charge in [-0.25, -0.2) is 9.78 Å². The van der Waals surface area contributed by atoms with E-state index in [4.69, 9.17) is 16.3 Å². The molecule has 2 aromatic rings. The molecule has 178 valence electrons. The largest absolute Gasteiger partial charge is 0.461 e. The summed E-state index contributed by atoms with van der Waals surface area (Å²) in [5, 5.41) is 6.06. The molecule has 0 bridgehead atoms. The molecule has 0 aliphatic carbocycles. The lowest BCUT2D eigenvalue weighted by atomic mass is 10.0. The van der Waals surface area contributed by atoms with Crippen molar-refractivity contribution in [3.8, 4) is 17.0 Å². The van der Waals surface area contributed by atoms with Crippen LogP contribution in [-0.4, -0.2) is 46.2 Å². The quantitative estimate of drug-likeness (QED) is 0.379. The van der Waals surface area contributed by atoms with Crippen molar-refractivity contribution < 1.29 is 36.2 Å². The normalized spacial score (nSPS) is 12.9. The number of rotatable bonds is 9. The third kappa shape index (κ3) is 5.78. The van der Waals surface area contributed by atoms with Crippen LogP contribution in [0.2, 0.25) is 5.02 Å². The average Bonchev–Trinajstić information content (AvgIpc) is 3.01. The minimum atomic E-state index is -4.60. The van der Waals surface area contributed by atoms with E-state index < -0.39 is 36.5 Å². The number of pyridine rings is 1. The number of alkyl halides is 5. The van der Waals surface area contributed by atoms with Gasteiger partial charge in [-0.3, -0.25) is 4.68 Å². The Bertz CT molecular complexity index is 950. The molecule has 0 radical (unpaired) electrons. The van der Waals surface area contributed by atoms with E-state index in [-0.39, 0.29) is 40.9 Å². The molecule has 1 unspecified atom stereocenters. The van der Waals surface area contributed by atoms with Crippen molar-refractivity contribution in [2.45, 2.75) is 53.1 Å². The molecule has 13 heteroatoms. The van der Waals surface area contributed by atoms with Crippen LogP contribution in [0.25, 0.3) is 11.3 Å². The van der Waals surface area contributed by atoms with E-state index in [1.54, 1.807) is 13.8 Å². The van der Waals surface area contributed by atoms with Crippen LogP contribution in [0.5, 0.6) is 5.75 Å². The number of hydrogen-bond donors (Lipinski definition) is 1. The van der Waals surface area contributed by atoms with Crippen molar-refractivity contribution in [1.29, 1.82) is 0 Å². The van der Waals surface area contributed by atoms with Gasteiger partial charge in [-0.15, -0.1) is 0 Å². The van der Waals surface area contributed by atoms with Gasteiger partial charge in [-0.2, -0.15) is 27.1 Å². The molecule has 0 saturated carbocycles. The van der Waals surface area contributed by atoms with Crippen LogP contribution in [0, 0.1) is 5.92 Å². The second-order valence-corrected chi connectivity index (χ2v) is 7.28. The third-order valence-corrected chi connectivity index (χ3v) is 4.68. The standard InChI is InChI=1S/C19H22ClF5N4O3/c1-5-29-15(13(20)14(28-29)17(30)31-6-2)10-8-26-12(7-11(10)32-18(21)22)27-16(9(3)4)19(23,24)25/h7-9,16,18H,5-6H2,1-4H3,(H,26,27). The van der Waals surface area contributed by atoms with Crippen molar-refractivity contribution in [1.82, 2.24) is 14.8 Å². The Balaban J connectivity index is 2.59. The fourth-order valence-corrected chi connectivity index (χ4v) is 3.24. The average molecular weight is 485 g/mol. The lowest BCUT2D eigenvalue weighted by Gasteiger charge is -2.25. The molecule has 0 spiro atoms. The molecule has 32 heavy (non-hydrogen) atoms. The first kappa shape index (κ1) is 25.6. The first-order valence-corrected chi connectivity index (χ1v) is 10.00. The Morgan fingerprint density at radius 3 is 2.44 bits per heavy atom. The molecular formula is C19H22ClF5N4O3. The van der Waals surface area contributed by atoms with Gasteiger partial charge in [-0.05, 0) is 19.8 Å². The molecule has 0 amide bonds. The van der Waals surface area contributed by atoms with Crippen molar-refractivity contribution in [3.05, 3.63) is 23.0 Å². The molecule has 0 aromatic carbocycles. The molecular weight excluding hydrogens is 463 g/mol. The van der Waals surface area contributed by atoms with Gasteiger partial charge >= 0.3 is 18.8 Å². The molecule has 0 fully saturated rings. The zero-order chi connectivity index (χ0) is 24.2. The zero-order valence-electron chi connectivity index (χ0n) is 17.6.